The van der Waals surface area contributed by atoms with Crippen LogP contribution in [0.4, 0.5) is 23.4 Å². The Morgan fingerprint density at radius 3 is 2.42 bits per heavy atom. The number of carboxylic acids is 1. The maximum Gasteiger partial charge on any atom is 0.490 e. The summed E-state index contributed by atoms with van der Waals surface area (Å²) in [5, 5.41) is 11.9. The zero-order valence-corrected chi connectivity index (χ0v) is 23.1. The van der Waals surface area contributed by atoms with Gasteiger partial charge >= 0.3 is 12.1 Å². The Labute approximate surface area is 244 Å². The molecule has 0 unspecified atom stereocenters. The van der Waals surface area contributed by atoms with Crippen LogP contribution < -0.4 is 15.0 Å². The molecule has 0 atom stereocenters. The summed E-state index contributed by atoms with van der Waals surface area (Å²) in [6.45, 7) is 0. The van der Waals surface area contributed by atoms with E-state index in [1.807, 2.05) is 0 Å². The van der Waals surface area contributed by atoms with Gasteiger partial charge in [0.1, 0.15) is 17.8 Å². The molecule has 0 fully saturated rings. The Morgan fingerprint density at radius 2 is 1.81 bits per heavy atom. The zero-order valence-electron chi connectivity index (χ0n) is 21.6. The molecule has 0 aliphatic heterocycles. The van der Waals surface area contributed by atoms with Crippen molar-refractivity contribution >= 4 is 44.2 Å². The number of aliphatic carboxylic acids is 1. The molecule has 0 radical (unpaired) electrons. The van der Waals surface area contributed by atoms with Crippen molar-refractivity contribution in [3.63, 3.8) is 0 Å². The van der Waals surface area contributed by atoms with Gasteiger partial charge in [0.05, 0.1) is 17.6 Å². The van der Waals surface area contributed by atoms with Crippen molar-refractivity contribution < 1.29 is 45.1 Å². The van der Waals surface area contributed by atoms with E-state index >= 15 is 0 Å². The first-order chi connectivity index (χ1) is 20.2. The van der Waals surface area contributed by atoms with Crippen molar-refractivity contribution in [1.82, 2.24) is 10.1 Å². The van der Waals surface area contributed by atoms with Crippen molar-refractivity contribution in [3.8, 4) is 28.0 Å². The number of alkyl halides is 3. The van der Waals surface area contributed by atoms with Crippen LogP contribution in [0.1, 0.15) is 0 Å². The van der Waals surface area contributed by atoms with E-state index in [1.54, 1.807) is 24.3 Å². The number of sulfonamides is 1. The van der Waals surface area contributed by atoms with Gasteiger partial charge in [0.15, 0.2) is 5.82 Å². The van der Waals surface area contributed by atoms with Crippen molar-refractivity contribution in [2.45, 2.75) is 11.1 Å². The Hall–Kier alpha value is -4.89. The SMILES string of the molecule is COc1cc(-c2cccc(F)c2)c(Cl)cc1-c1c(=O)[nH]cc2cc(S(=O)(=O)Nc3ccon3)ccc12.O=C(O)C(F)(F)F. The number of rotatable bonds is 6. The second kappa shape index (κ2) is 12.1. The number of methoxy groups -OCH3 is 1. The highest BCUT2D eigenvalue weighted by atomic mass is 35.5. The Bertz CT molecular complexity index is 1980. The number of halogens is 5. The number of hydrogen-bond acceptors (Lipinski definition) is 7. The van der Waals surface area contributed by atoms with Gasteiger partial charge in [-0.15, -0.1) is 0 Å². The molecule has 3 N–H and O–H groups in total. The summed E-state index contributed by atoms with van der Waals surface area (Å²) in [6.07, 6.45) is -2.42. The second-order valence-electron chi connectivity index (χ2n) is 8.58. The van der Waals surface area contributed by atoms with Gasteiger partial charge in [-0.25, -0.2) is 17.6 Å². The van der Waals surface area contributed by atoms with E-state index in [-0.39, 0.29) is 21.3 Å². The molecular weight excluding hydrogens is 622 g/mol. The van der Waals surface area contributed by atoms with Gasteiger partial charge in [0, 0.05) is 28.4 Å². The summed E-state index contributed by atoms with van der Waals surface area (Å²) in [5.74, 6) is -2.80. The van der Waals surface area contributed by atoms with E-state index in [2.05, 4.69) is 19.4 Å². The minimum Gasteiger partial charge on any atom is -0.496 e. The number of H-pyrrole nitrogens is 1. The number of carbonyl (C=O) groups is 1. The number of fused-ring (bicyclic) bond motifs is 1. The summed E-state index contributed by atoms with van der Waals surface area (Å²) in [5.41, 5.74) is 1.29. The minimum atomic E-state index is -5.08. The molecular formula is C27H18ClF4N3O7S. The average Bonchev–Trinajstić information content (AvgIpc) is 3.45. The van der Waals surface area contributed by atoms with Crippen molar-refractivity contribution in [2.75, 3.05) is 11.8 Å². The molecule has 3 aromatic carbocycles. The topological polar surface area (TPSA) is 152 Å². The Kier molecular flexibility index (Phi) is 8.77. The summed E-state index contributed by atoms with van der Waals surface area (Å²) in [6, 6.07) is 14.9. The molecule has 0 saturated heterocycles. The van der Waals surface area contributed by atoms with E-state index in [0.29, 0.717) is 33.2 Å². The molecule has 10 nitrogen and oxygen atoms in total. The van der Waals surface area contributed by atoms with E-state index in [4.69, 9.17) is 26.2 Å². The monoisotopic (exact) mass is 639 g/mol. The van der Waals surface area contributed by atoms with Crippen LogP contribution in [0.3, 0.4) is 0 Å². The van der Waals surface area contributed by atoms with Crippen molar-refractivity contribution in [1.29, 1.82) is 0 Å². The molecule has 43 heavy (non-hydrogen) atoms. The Balaban J connectivity index is 0.000000541. The van der Waals surface area contributed by atoms with E-state index in [0.717, 1.165) is 0 Å². The lowest BCUT2D eigenvalue weighted by atomic mass is 9.96. The predicted molar refractivity (Wildman–Crippen MR) is 148 cm³/mol. The Morgan fingerprint density at radius 1 is 1.09 bits per heavy atom. The number of nitrogens with zero attached hydrogens (tertiary/aromatic N) is 1. The second-order valence-corrected chi connectivity index (χ2v) is 10.7. The molecule has 0 aliphatic rings. The van der Waals surface area contributed by atoms with E-state index < -0.39 is 33.5 Å². The molecule has 16 heteroatoms. The summed E-state index contributed by atoms with van der Waals surface area (Å²) < 4.78 is 83.6. The third kappa shape index (κ3) is 6.95. The van der Waals surface area contributed by atoms with Gasteiger partial charge in [0.2, 0.25) is 0 Å². The molecule has 0 aliphatic carbocycles. The van der Waals surface area contributed by atoms with Crippen LogP contribution in [0.15, 0.2) is 87.3 Å². The van der Waals surface area contributed by atoms with E-state index in [1.165, 1.54) is 56.0 Å². The van der Waals surface area contributed by atoms with Gasteiger partial charge in [-0.1, -0.05) is 35.0 Å². The fourth-order valence-corrected chi connectivity index (χ4v) is 5.22. The number of pyridine rings is 1. The first-order valence-electron chi connectivity index (χ1n) is 11.7. The van der Waals surface area contributed by atoms with E-state index in [9.17, 15) is 30.8 Å². The van der Waals surface area contributed by atoms with Crippen LogP contribution in [0.25, 0.3) is 33.0 Å². The van der Waals surface area contributed by atoms with Gasteiger partial charge in [-0.2, -0.15) is 13.2 Å². The van der Waals surface area contributed by atoms with Gasteiger partial charge in [-0.05, 0) is 52.7 Å². The van der Waals surface area contributed by atoms with Crippen LogP contribution >= 0.6 is 11.6 Å². The van der Waals surface area contributed by atoms with Crippen LogP contribution in [-0.2, 0) is 14.8 Å². The largest absolute Gasteiger partial charge is 0.496 e. The number of benzene rings is 3. The quantitative estimate of drug-likeness (QED) is 0.189. The molecule has 2 heterocycles. The predicted octanol–water partition coefficient (Wildman–Crippen LogP) is 6.09. The van der Waals surface area contributed by atoms with Crippen LogP contribution in [0.2, 0.25) is 5.02 Å². The number of anilines is 1. The maximum atomic E-state index is 13.8. The number of ether oxygens (including phenoxy) is 1. The van der Waals surface area contributed by atoms with Crippen LogP contribution in [-0.4, -0.2) is 42.9 Å². The van der Waals surface area contributed by atoms with Crippen molar-refractivity contribution in [3.05, 3.63) is 94.3 Å². The first-order valence-corrected chi connectivity index (χ1v) is 13.6. The third-order valence-electron chi connectivity index (χ3n) is 5.80. The zero-order chi connectivity index (χ0) is 31.5. The fourth-order valence-electron chi connectivity index (χ4n) is 3.92. The fraction of sp³-hybridized carbons (Fsp3) is 0.0741. The number of aromatic amines is 1. The molecule has 5 aromatic rings. The van der Waals surface area contributed by atoms with Gasteiger partial charge < -0.3 is 19.4 Å². The summed E-state index contributed by atoms with van der Waals surface area (Å²) in [4.78, 5) is 24.5. The van der Waals surface area contributed by atoms with Gasteiger partial charge in [-0.3, -0.25) is 9.52 Å². The van der Waals surface area contributed by atoms with Crippen LogP contribution in [0.5, 0.6) is 5.75 Å². The molecule has 224 valence electrons. The number of carboxylic acid groups (broad SMARTS) is 1. The minimum absolute atomic E-state index is 0.0371. The third-order valence-corrected chi connectivity index (χ3v) is 7.47. The lowest BCUT2D eigenvalue weighted by Gasteiger charge is -2.15. The molecule has 0 amide bonds. The number of hydrogen-bond donors (Lipinski definition) is 3. The summed E-state index contributed by atoms with van der Waals surface area (Å²) >= 11 is 6.56. The van der Waals surface area contributed by atoms with Crippen molar-refractivity contribution in [2.24, 2.45) is 0 Å². The normalized spacial score (nSPS) is 11.5. The highest BCUT2D eigenvalue weighted by Crippen LogP contribution is 2.40. The molecule has 0 bridgehead atoms. The maximum absolute atomic E-state index is 13.8. The van der Waals surface area contributed by atoms with Crippen LogP contribution in [0, 0.1) is 5.82 Å². The molecule has 0 spiro atoms. The molecule has 5 rings (SSSR count). The molecule has 2 aromatic heterocycles. The highest BCUT2D eigenvalue weighted by molar-refractivity contribution is 7.92. The lowest BCUT2D eigenvalue weighted by Crippen LogP contribution is -2.21. The number of nitrogens with one attached hydrogen (secondary N) is 2. The smallest absolute Gasteiger partial charge is 0.490 e. The summed E-state index contributed by atoms with van der Waals surface area (Å²) in [7, 11) is -2.52. The lowest BCUT2D eigenvalue weighted by molar-refractivity contribution is -0.192. The standard InChI is InChI=1S/C25H17ClFN3O5S.C2HF3O2/c1-34-22-12-19(14-3-2-4-16(27)9-14)21(26)11-20(22)24-18-6-5-17(10-15(18)13-28-25(24)31)36(32,33)30-23-7-8-35-29-23;3-2(4,5)1(6)7/h2-13H,1H3,(H,28,31)(H,29,30);(H,6,7). The van der Waals surface area contributed by atoms with Gasteiger partial charge in [0.25, 0.3) is 15.6 Å². The highest BCUT2D eigenvalue weighted by Gasteiger charge is 2.38. The number of aromatic nitrogens is 2. The average molecular weight is 640 g/mol. The first kappa shape index (κ1) is 31.1. The molecule has 0 saturated carbocycles.